The van der Waals surface area contributed by atoms with Gasteiger partial charge in [-0.1, -0.05) is 24.6 Å². The standard InChI is InChI=1S/C36H45FN4O8/c1-21(2)47-30-18-29(26-14-9-15-27(37)32(26)39-30)48-25-17-28-33(43)40-36(34(44)45)19-22(36)10-5-3-4-6-11-23(16-31(42)41(28)20-25)38-35(46)49-24-12-7-8-13-24/h5,9-10,14-15,18,21-25,28H,3-4,6-8,11-13,16-17,19-20H2,1-2H3,(H,38,46)(H,40,43)(H,44,45)/b10-5-/t22-,23+,25-,28+,36-/m1/s1. The van der Waals surface area contributed by atoms with E-state index >= 15 is 0 Å². The van der Waals surface area contributed by atoms with Gasteiger partial charge in [-0.3, -0.25) is 9.59 Å². The zero-order chi connectivity index (χ0) is 34.7. The van der Waals surface area contributed by atoms with Crippen LogP contribution in [-0.4, -0.2) is 81.3 Å². The van der Waals surface area contributed by atoms with Gasteiger partial charge >= 0.3 is 12.1 Å². The summed E-state index contributed by atoms with van der Waals surface area (Å²) in [6.07, 6.45) is 8.79. The summed E-state index contributed by atoms with van der Waals surface area (Å²) in [4.78, 5) is 58.9. The predicted octanol–water partition coefficient (Wildman–Crippen LogP) is 5.03. The molecule has 0 bridgehead atoms. The highest BCUT2D eigenvalue weighted by Gasteiger charge is 2.61. The molecule has 264 valence electrons. The Bertz CT molecular complexity index is 1610. The minimum absolute atomic E-state index is 0.0130. The molecule has 1 aromatic heterocycles. The minimum atomic E-state index is -1.45. The number of hydrogen-bond acceptors (Lipinski definition) is 8. The maximum atomic E-state index is 14.9. The van der Waals surface area contributed by atoms with Gasteiger partial charge in [-0.05, 0) is 77.3 Å². The molecule has 2 aliphatic carbocycles. The highest BCUT2D eigenvalue weighted by Crippen LogP contribution is 2.45. The molecule has 4 aliphatic rings. The minimum Gasteiger partial charge on any atom is -0.488 e. The Morgan fingerprint density at radius 3 is 2.65 bits per heavy atom. The van der Waals surface area contributed by atoms with E-state index in [1.54, 1.807) is 18.2 Å². The molecule has 2 aromatic rings. The van der Waals surface area contributed by atoms with Crippen LogP contribution in [0.4, 0.5) is 9.18 Å². The van der Waals surface area contributed by atoms with Crippen molar-refractivity contribution in [3.05, 3.63) is 42.2 Å². The number of aliphatic carboxylic acids is 1. The zero-order valence-electron chi connectivity index (χ0n) is 28.0. The second kappa shape index (κ2) is 14.6. The summed E-state index contributed by atoms with van der Waals surface area (Å²) in [6.45, 7) is 3.65. The molecule has 5 atom stereocenters. The van der Waals surface area contributed by atoms with Crippen molar-refractivity contribution in [2.75, 3.05) is 6.54 Å². The first-order chi connectivity index (χ1) is 23.5. The van der Waals surface area contributed by atoms with Crippen molar-refractivity contribution in [2.45, 2.75) is 120 Å². The maximum Gasteiger partial charge on any atom is 0.407 e. The van der Waals surface area contributed by atoms with E-state index in [-0.39, 0.29) is 67.0 Å². The van der Waals surface area contributed by atoms with Crippen LogP contribution < -0.4 is 20.1 Å². The fourth-order valence-electron chi connectivity index (χ4n) is 7.24. The first-order valence-corrected chi connectivity index (χ1v) is 17.4. The van der Waals surface area contributed by atoms with E-state index in [0.717, 1.165) is 38.5 Å². The van der Waals surface area contributed by atoms with E-state index in [0.29, 0.717) is 18.2 Å². The number of carboxylic acids is 1. The number of carboxylic acid groups (broad SMARTS) is 1. The summed E-state index contributed by atoms with van der Waals surface area (Å²) in [5, 5.41) is 16.2. The number of rotatable bonds is 7. The van der Waals surface area contributed by atoms with Crippen molar-refractivity contribution in [1.82, 2.24) is 20.5 Å². The SMILES string of the molecule is CC(C)Oc1cc(O[C@@H]2C[C@H]3C(=O)N[C@]4(C(=O)O)C[C@H]4/C=C\CCCC[C@H](NC(=O)OC4CCCC4)CC(=O)N3C2)c2cccc(F)c2n1. The summed E-state index contributed by atoms with van der Waals surface area (Å²) < 4.78 is 32.7. The van der Waals surface area contributed by atoms with Gasteiger partial charge in [-0.25, -0.2) is 19.0 Å². The van der Waals surface area contributed by atoms with Crippen LogP contribution in [0.25, 0.3) is 10.9 Å². The summed E-state index contributed by atoms with van der Waals surface area (Å²) in [7, 11) is 0. The third-order valence-electron chi connectivity index (χ3n) is 9.87. The molecular formula is C36H45FN4O8. The fourth-order valence-corrected chi connectivity index (χ4v) is 7.24. The number of nitrogens with one attached hydrogen (secondary N) is 2. The maximum absolute atomic E-state index is 14.9. The van der Waals surface area contributed by atoms with Gasteiger partial charge < -0.3 is 34.9 Å². The van der Waals surface area contributed by atoms with Crippen LogP contribution >= 0.6 is 0 Å². The molecule has 0 spiro atoms. The molecule has 49 heavy (non-hydrogen) atoms. The van der Waals surface area contributed by atoms with Gasteiger partial charge in [-0.15, -0.1) is 0 Å². The van der Waals surface area contributed by atoms with E-state index in [2.05, 4.69) is 15.6 Å². The molecule has 3 amide bonds. The van der Waals surface area contributed by atoms with Crippen LogP contribution in [0.5, 0.6) is 11.6 Å². The summed E-state index contributed by atoms with van der Waals surface area (Å²) in [5.74, 6) is -2.57. The number of pyridine rings is 1. The third-order valence-corrected chi connectivity index (χ3v) is 9.87. The number of halogens is 1. The summed E-state index contributed by atoms with van der Waals surface area (Å²) in [5.41, 5.74) is -1.39. The number of para-hydroxylation sites is 1. The van der Waals surface area contributed by atoms with E-state index in [4.69, 9.17) is 14.2 Å². The van der Waals surface area contributed by atoms with Gasteiger partial charge in [0.25, 0.3) is 0 Å². The quantitative estimate of drug-likeness (QED) is 0.342. The number of amides is 3. The largest absolute Gasteiger partial charge is 0.488 e. The van der Waals surface area contributed by atoms with Crippen LogP contribution in [0.2, 0.25) is 0 Å². The lowest BCUT2D eigenvalue weighted by Crippen LogP contribution is -2.53. The lowest BCUT2D eigenvalue weighted by molar-refractivity contribution is -0.145. The van der Waals surface area contributed by atoms with Gasteiger partial charge in [0.05, 0.1) is 12.6 Å². The molecule has 1 saturated heterocycles. The van der Waals surface area contributed by atoms with Crippen LogP contribution in [-0.2, 0) is 19.1 Å². The lowest BCUT2D eigenvalue weighted by atomic mass is 10.0. The average Bonchev–Trinajstić information content (AvgIpc) is 3.33. The Morgan fingerprint density at radius 1 is 1.12 bits per heavy atom. The van der Waals surface area contributed by atoms with Gasteiger partial charge in [0.1, 0.15) is 40.9 Å². The number of benzene rings is 1. The normalized spacial score (nSPS) is 28.5. The van der Waals surface area contributed by atoms with Crippen molar-refractivity contribution in [3.63, 3.8) is 0 Å². The van der Waals surface area contributed by atoms with Crippen LogP contribution in [0.3, 0.4) is 0 Å². The zero-order valence-corrected chi connectivity index (χ0v) is 28.0. The molecule has 1 aromatic carbocycles. The van der Waals surface area contributed by atoms with Gasteiger partial charge in [0.15, 0.2) is 0 Å². The number of alkyl carbamates (subject to hydrolysis) is 1. The first-order valence-electron chi connectivity index (χ1n) is 17.4. The van der Waals surface area contributed by atoms with Gasteiger partial charge in [-0.2, -0.15) is 0 Å². The van der Waals surface area contributed by atoms with Gasteiger partial charge in [0.2, 0.25) is 17.7 Å². The Balaban J connectivity index is 1.27. The Kier molecular flexibility index (Phi) is 10.3. The molecule has 2 aliphatic heterocycles. The molecule has 12 nitrogen and oxygen atoms in total. The number of fused-ring (bicyclic) bond motifs is 3. The Morgan fingerprint density at radius 2 is 1.90 bits per heavy atom. The van der Waals surface area contributed by atoms with Crippen molar-refractivity contribution < 1.29 is 42.9 Å². The number of allylic oxidation sites excluding steroid dienone is 1. The van der Waals surface area contributed by atoms with E-state index in [9.17, 15) is 28.7 Å². The summed E-state index contributed by atoms with van der Waals surface area (Å²) in [6, 6.07) is 4.51. The van der Waals surface area contributed by atoms with E-state index in [1.165, 1.54) is 11.0 Å². The monoisotopic (exact) mass is 680 g/mol. The van der Waals surface area contributed by atoms with Crippen molar-refractivity contribution >= 4 is 34.8 Å². The molecule has 6 rings (SSSR count). The first kappa shape index (κ1) is 34.4. The van der Waals surface area contributed by atoms with Crippen LogP contribution in [0.1, 0.15) is 84.5 Å². The average molecular weight is 681 g/mol. The molecule has 0 radical (unpaired) electrons. The highest BCUT2D eigenvalue weighted by molar-refractivity contribution is 5.95. The van der Waals surface area contributed by atoms with Crippen LogP contribution in [0.15, 0.2) is 36.4 Å². The van der Waals surface area contributed by atoms with Crippen molar-refractivity contribution in [3.8, 4) is 11.6 Å². The Labute approximate surface area is 284 Å². The number of carbonyl (C=O) groups is 4. The molecule has 3 heterocycles. The molecular weight excluding hydrogens is 635 g/mol. The summed E-state index contributed by atoms with van der Waals surface area (Å²) >= 11 is 0. The number of carbonyl (C=O) groups excluding carboxylic acids is 3. The predicted molar refractivity (Wildman–Crippen MR) is 177 cm³/mol. The Hall–Kier alpha value is -4.42. The smallest absolute Gasteiger partial charge is 0.407 e. The van der Waals surface area contributed by atoms with E-state index in [1.807, 2.05) is 26.0 Å². The number of nitrogens with zero attached hydrogens (tertiary/aromatic N) is 2. The van der Waals surface area contributed by atoms with Gasteiger partial charge in [0, 0.05) is 36.3 Å². The van der Waals surface area contributed by atoms with Crippen molar-refractivity contribution in [2.24, 2.45) is 5.92 Å². The second-order valence-corrected chi connectivity index (χ2v) is 13.9. The second-order valence-electron chi connectivity index (χ2n) is 13.9. The third kappa shape index (κ3) is 7.91. The molecule has 0 unspecified atom stereocenters. The van der Waals surface area contributed by atoms with Crippen LogP contribution in [0, 0.1) is 11.7 Å². The van der Waals surface area contributed by atoms with Crippen molar-refractivity contribution in [1.29, 1.82) is 0 Å². The topological polar surface area (TPSA) is 156 Å². The number of hydrogen-bond donors (Lipinski definition) is 3. The highest BCUT2D eigenvalue weighted by atomic mass is 19.1. The molecule has 3 fully saturated rings. The fraction of sp³-hybridized carbons (Fsp3) is 0.583. The van der Waals surface area contributed by atoms with E-state index < -0.39 is 47.5 Å². The molecule has 3 N–H and O–H groups in total. The number of aromatic nitrogens is 1. The molecule has 13 heteroatoms. The molecule has 2 saturated carbocycles. The lowest BCUT2D eigenvalue weighted by Gasteiger charge is -2.27. The number of ether oxygens (including phenoxy) is 3.